The van der Waals surface area contributed by atoms with Crippen molar-refractivity contribution in [3.63, 3.8) is 0 Å². The van der Waals surface area contributed by atoms with Gasteiger partial charge in [-0.3, -0.25) is 4.79 Å². The Hall–Kier alpha value is -1.51. The van der Waals surface area contributed by atoms with E-state index < -0.39 is 0 Å². The maximum atomic E-state index is 12.2. The van der Waals surface area contributed by atoms with Crippen molar-refractivity contribution in [2.45, 2.75) is 51.4 Å². The van der Waals surface area contributed by atoms with Crippen LogP contribution < -0.4 is 4.74 Å². The molecule has 1 aromatic carbocycles. The van der Waals surface area contributed by atoms with Gasteiger partial charge in [0.15, 0.2) is 0 Å². The van der Waals surface area contributed by atoms with Crippen LogP contribution in [0.15, 0.2) is 24.3 Å². The molecule has 116 valence electrons. The van der Waals surface area contributed by atoms with E-state index in [0.29, 0.717) is 0 Å². The van der Waals surface area contributed by atoms with Crippen LogP contribution in [-0.4, -0.2) is 20.2 Å². The van der Waals surface area contributed by atoms with Crippen LogP contribution in [0.25, 0.3) is 0 Å². The number of ether oxygens (including phenoxy) is 2. The van der Waals surface area contributed by atoms with Crippen molar-refractivity contribution in [3.8, 4) is 5.75 Å². The van der Waals surface area contributed by atoms with Gasteiger partial charge in [0, 0.05) is 0 Å². The largest absolute Gasteiger partial charge is 0.497 e. The molecule has 1 fully saturated rings. The molecule has 0 amide bonds. The van der Waals surface area contributed by atoms with Crippen LogP contribution in [0, 0.1) is 5.41 Å². The molecule has 1 aliphatic carbocycles. The van der Waals surface area contributed by atoms with E-state index in [1.54, 1.807) is 7.11 Å². The molecule has 3 heteroatoms. The molecular weight excluding hydrogens is 264 g/mol. The standard InChI is InChI=1S/C18H26O3/c1-20-16-10-8-15(9-11-16)7-6-14-18(17(19)21-2)12-4-3-5-13-18/h8-11H,3-7,12-14H2,1-2H3. The average Bonchev–Trinajstić information content (AvgIpc) is 2.55. The highest BCUT2D eigenvalue weighted by molar-refractivity contribution is 5.76. The van der Waals surface area contributed by atoms with Crippen molar-refractivity contribution in [2.24, 2.45) is 5.41 Å². The molecule has 1 aliphatic rings. The molecular formula is C18H26O3. The Morgan fingerprint density at radius 1 is 1.10 bits per heavy atom. The minimum absolute atomic E-state index is 0.00284. The van der Waals surface area contributed by atoms with Crippen molar-refractivity contribution in [1.82, 2.24) is 0 Å². The number of aryl methyl sites for hydroxylation is 1. The molecule has 0 aromatic heterocycles. The summed E-state index contributed by atoms with van der Waals surface area (Å²) < 4.78 is 10.2. The molecule has 0 bridgehead atoms. The Kier molecular flexibility index (Phi) is 5.66. The highest BCUT2D eigenvalue weighted by Gasteiger charge is 2.39. The highest BCUT2D eigenvalue weighted by Crippen LogP contribution is 2.41. The number of carbonyl (C=O) groups excluding carboxylic acids is 1. The van der Waals surface area contributed by atoms with E-state index in [1.807, 2.05) is 12.1 Å². The average molecular weight is 290 g/mol. The first-order chi connectivity index (χ1) is 10.2. The van der Waals surface area contributed by atoms with Crippen molar-refractivity contribution in [2.75, 3.05) is 14.2 Å². The van der Waals surface area contributed by atoms with Crippen LogP contribution in [0.4, 0.5) is 0 Å². The highest BCUT2D eigenvalue weighted by atomic mass is 16.5. The van der Waals surface area contributed by atoms with E-state index >= 15 is 0 Å². The summed E-state index contributed by atoms with van der Waals surface area (Å²) in [4.78, 5) is 12.2. The first kappa shape index (κ1) is 15.9. The first-order valence-corrected chi connectivity index (χ1v) is 7.91. The molecule has 0 atom stereocenters. The van der Waals surface area contributed by atoms with Gasteiger partial charge in [-0.15, -0.1) is 0 Å². The molecule has 21 heavy (non-hydrogen) atoms. The minimum Gasteiger partial charge on any atom is -0.497 e. The monoisotopic (exact) mass is 290 g/mol. The summed E-state index contributed by atoms with van der Waals surface area (Å²) in [5, 5.41) is 0. The number of benzene rings is 1. The minimum atomic E-state index is -0.223. The van der Waals surface area contributed by atoms with Crippen LogP contribution in [0.3, 0.4) is 0 Å². The van der Waals surface area contributed by atoms with Gasteiger partial charge < -0.3 is 9.47 Å². The maximum Gasteiger partial charge on any atom is 0.311 e. The molecule has 0 aliphatic heterocycles. The van der Waals surface area contributed by atoms with Crippen molar-refractivity contribution in [3.05, 3.63) is 29.8 Å². The van der Waals surface area contributed by atoms with Gasteiger partial charge in [-0.25, -0.2) is 0 Å². The summed E-state index contributed by atoms with van der Waals surface area (Å²) in [6.07, 6.45) is 8.49. The van der Waals surface area contributed by atoms with E-state index in [4.69, 9.17) is 9.47 Å². The van der Waals surface area contributed by atoms with E-state index in [1.165, 1.54) is 19.1 Å². The number of rotatable bonds is 6. The predicted molar refractivity (Wildman–Crippen MR) is 83.5 cm³/mol. The van der Waals surface area contributed by atoms with Gasteiger partial charge in [0.25, 0.3) is 0 Å². The van der Waals surface area contributed by atoms with Crippen molar-refractivity contribution < 1.29 is 14.3 Å². The summed E-state index contributed by atoms with van der Waals surface area (Å²) in [6, 6.07) is 8.19. The lowest BCUT2D eigenvalue weighted by atomic mass is 9.71. The summed E-state index contributed by atoms with van der Waals surface area (Å²) in [7, 11) is 3.19. The number of methoxy groups -OCH3 is 2. The molecule has 0 unspecified atom stereocenters. The van der Waals surface area contributed by atoms with Crippen molar-refractivity contribution in [1.29, 1.82) is 0 Å². The second kappa shape index (κ2) is 7.48. The summed E-state index contributed by atoms with van der Waals surface area (Å²) >= 11 is 0. The van der Waals surface area contributed by atoms with E-state index in [0.717, 1.165) is 50.7 Å². The zero-order chi connectivity index (χ0) is 15.1. The molecule has 0 N–H and O–H groups in total. The smallest absolute Gasteiger partial charge is 0.311 e. The van der Waals surface area contributed by atoms with Gasteiger partial charge in [0.2, 0.25) is 0 Å². The van der Waals surface area contributed by atoms with E-state index in [2.05, 4.69) is 12.1 Å². The lowest BCUT2D eigenvalue weighted by Gasteiger charge is -2.34. The SMILES string of the molecule is COC(=O)C1(CCCc2ccc(OC)cc2)CCCCC1. The fourth-order valence-electron chi connectivity index (χ4n) is 3.42. The van der Waals surface area contributed by atoms with Crippen LogP contribution in [0.2, 0.25) is 0 Å². The van der Waals surface area contributed by atoms with Crippen LogP contribution in [0.5, 0.6) is 5.75 Å². The third-order valence-corrected chi connectivity index (χ3v) is 4.71. The Morgan fingerprint density at radius 2 is 1.76 bits per heavy atom. The van der Waals surface area contributed by atoms with Gasteiger partial charge >= 0.3 is 5.97 Å². The normalized spacial score (nSPS) is 17.2. The second-order valence-electron chi connectivity index (χ2n) is 6.03. The summed E-state index contributed by atoms with van der Waals surface area (Å²) in [5.41, 5.74) is 1.08. The molecule has 0 heterocycles. The third-order valence-electron chi connectivity index (χ3n) is 4.71. The molecule has 1 aromatic rings. The number of hydrogen-bond donors (Lipinski definition) is 0. The van der Waals surface area contributed by atoms with Gasteiger partial charge in [0.1, 0.15) is 5.75 Å². The molecule has 0 saturated heterocycles. The zero-order valence-electron chi connectivity index (χ0n) is 13.2. The van der Waals surface area contributed by atoms with Crippen molar-refractivity contribution >= 4 is 5.97 Å². The number of carbonyl (C=O) groups is 1. The quantitative estimate of drug-likeness (QED) is 0.739. The molecule has 1 saturated carbocycles. The van der Waals surface area contributed by atoms with Gasteiger partial charge in [-0.1, -0.05) is 31.4 Å². The summed E-state index contributed by atoms with van der Waals surface area (Å²) in [6.45, 7) is 0. The third kappa shape index (κ3) is 3.99. The van der Waals surface area contributed by atoms with Crippen LogP contribution in [0.1, 0.15) is 50.5 Å². The lowest BCUT2D eigenvalue weighted by Crippen LogP contribution is -2.34. The number of esters is 1. The zero-order valence-corrected chi connectivity index (χ0v) is 13.2. The first-order valence-electron chi connectivity index (χ1n) is 7.91. The number of hydrogen-bond acceptors (Lipinski definition) is 3. The lowest BCUT2D eigenvalue weighted by molar-refractivity contribution is -0.155. The van der Waals surface area contributed by atoms with Gasteiger partial charge in [-0.2, -0.15) is 0 Å². The fraction of sp³-hybridized carbons (Fsp3) is 0.611. The predicted octanol–water partition coefficient (Wildman–Crippen LogP) is 4.14. The fourth-order valence-corrected chi connectivity index (χ4v) is 3.42. The van der Waals surface area contributed by atoms with E-state index in [-0.39, 0.29) is 11.4 Å². The molecule has 2 rings (SSSR count). The topological polar surface area (TPSA) is 35.5 Å². The van der Waals surface area contributed by atoms with Gasteiger partial charge in [-0.05, 0) is 49.8 Å². The molecule has 3 nitrogen and oxygen atoms in total. The van der Waals surface area contributed by atoms with Crippen LogP contribution in [-0.2, 0) is 16.0 Å². The second-order valence-corrected chi connectivity index (χ2v) is 6.03. The Bertz CT molecular complexity index is 444. The Morgan fingerprint density at radius 3 is 2.33 bits per heavy atom. The van der Waals surface area contributed by atoms with Crippen LogP contribution >= 0.6 is 0 Å². The van der Waals surface area contributed by atoms with Gasteiger partial charge in [0.05, 0.1) is 19.6 Å². The Balaban J connectivity index is 1.90. The molecule has 0 spiro atoms. The molecule has 0 radical (unpaired) electrons. The Labute approximate surface area is 127 Å². The maximum absolute atomic E-state index is 12.2. The summed E-state index contributed by atoms with van der Waals surface area (Å²) in [5.74, 6) is 0.883. The van der Waals surface area contributed by atoms with E-state index in [9.17, 15) is 4.79 Å².